The number of nitrogens with one attached hydrogen (secondary N) is 1. The van der Waals surface area contributed by atoms with Gasteiger partial charge >= 0.3 is 0 Å². The van der Waals surface area contributed by atoms with Crippen LogP contribution in [0.4, 0.5) is 10.9 Å². The standard InChI is InChI=1S/C19H33N7OS/c1-14(2)25-7-9-26(10-8-25)19(3,12-27-6)11-20-16-15-17(22-13-21-16)23-18(28-15)24(4)5/h13-14H,7-12H2,1-6H3,(H,20,21,22). The zero-order chi connectivity index (χ0) is 20.3. The number of rotatable bonds is 8. The van der Waals surface area contributed by atoms with Crippen molar-refractivity contribution < 1.29 is 4.74 Å². The van der Waals surface area contributed by atoms with E-state index >= 15 is 0 Å². The summed E-state index contributed by atoms with van der Waals surface area (Å²) in [5.41, 5.74) is 0.634. The normalized spacial score (nSPS) is 18.5. The van der Waals surface area contributed by atoms with Gasteiger partial charge in [-0.15, -0.1) is 0 Å². The highest BCUT2D eigenvalue weighted by atomic mass is 32.1. The highest BCUT2D eigenvalue weighted by Crippen LogP contribution is 2.31. The fourth-order valence-electron chi connectivity index (χ4n) is 3.68. The van der Waals surface area contributed by atoms with Gasteiger partial charge in [-0.3, -0.25) is 9.80 Å². The van der Waals surface area contributed by atoms with Gasteiger partial charge in [0.2, 0.25) is 0 Å². The van der Waals surface area contributed by atoms with Gasteiger partial charge in [-0.25, -0.2) is 9.97 Å². The Kier molecular flexibility index (Phi) is 6.69. The van der Waals surface area contributed by atoms with Crippen LogP contribution >= 0.6 is 11.3 Å². The molecule has 156 valence electrons. The number of anilines is 2. The fraction of sp³-hybridized carbons (Fsp3) is 0.737. The minimum Gasteiger partial charge on any atom is -0.383 e. The van der Waals surface area contributed by atoms with Crippen LogP contribution in [0.3, 0.4) is 0 Å². The molecule has 1 N–H and O–H groups in total. The molecule has 2 aromatic rings. The van der Waals surface area contributed by atoms with Crippen molar-refractivity contribution in [3.05, 3.63) is 6.33 Å². The van der Waals surface area contributed by atoms with Crippen LogP contribution in [0.25, 0.3) is 10.3 Å². The number of methoxy groups -OCH3 is 1. The first kappa shape index (κ1) is 21.2. The number of piperazine rings is 1. The summed E-state index contributed by atoms with van der Waals surface area (Å²) in [5.74, 6) is 0.846. The van der Waals surface area contributed by atoms with Crippen molar-refractivity contribution >= 4 is 32.6 Å². The second kappa shape index (κ2) is 8.86. The highest BCUT2D eigenvalue weighted by Gasteiger charge is 2.35. The summed E-state index contributed by atoms with van der Waals surface area (Å²) >= 11 is 1.61. The lowest BCUT2D eigenvalue weighted by Crippen LogP contribution is -2.61. The lowest BCUT2D eigenvalue weighted by molar-refractivity contribution is -0.00668. The van der Waals surface area contributed by atoms with Gasteiger partial charge < -0.3 is 15.0 Å². The van der Waals surface area contributed by atoms with Gasteiger partial charge in [0.1, 0.15) is 16.8 Å². The molecule has 0 aromatic carbocycles. The van der Waals surface area contributed by atoms with E-state index in [1.165, 1.54) is 0 Å². The molecule has 1 aliphatic rings. The molecule has 3 heterocycles. The van der Waals surface area contributed by atoms with Crippen LogP contribution in [0.5, 0.6) is 0 Å². The Labute approximate surface area is 171 Å². The number of thiazole rings is 1. The topological polar surface area (TPSA) is 69.6 Å². The quantitative estimate of drug-likeness (QED) is 0.713. The second-order valence-electron chi connectivity index (χ2n) is 8.17. The SMILES string of the molecule is COCC(C)(CNc1ncnc2nc(N(C)C)sc12)N1CCN(C(C)C)CC1. The smallest absolute Gasteiger partial charge is 0.187 e. The van der Waals surface area contributed by atoms with Crippen molar-refractivity contribution in [2.75, 3.05) is 70.8 Å². The van der Waals surface area contributed by atoms with E-state index in [-0.39, 0.29) is 5.54 Å². The van der Waals surface area contributed by atoms with Crippen molar-refractivity contribution in [2.24, 2.45) is 0 Å². The molecule has 3 rings (SSSR count). The molecule has 8 nitrogen and oxygen atoms in total. The summed E-state index contributed by atoms with van der Waals surface area (Å²) in [7, 11) is 5.76. The highest BCUT2D eigenvalue weighted by molar-refractivity contribution is 7.22. The van der Waals surface area contributed by atoms with Crippen LogP contribution in [0.1, 0.15) is 20.8 Å². The average molecular weight is 408 g/mol. The predicted octanol–water partition coefficient (Wildman–Crippen LogP) is 2.00. The van der Waals surface area contributed by atoms with Crippen molar-refractivity contribution in [1.82, 2.24) is 24.8 Å². The summed E-state index contributed by atoms with van der Waals surface area (Å²) in [6.45, 7) is 12.5. The van der Waals surface area contributed by atoms with Gasteiger partial charge in [0.05, 0.1) is 12.1 Å². The summed E-state index contributed by atoms with van der Waals surface area (Å²) in [6.07, 6.45) is 1.58. The molecule has 1 atom stereocenters. The lowest BCUT2D eigenvalue weighted by atomic mass is 9.99. The van der Waals surface area contributed by atoms with E-state index in [0.717, 1.165) is 54.0 Å². The first-order valence-electron chi connectivity index (χ1n) is 9.85. The summed E-state index contributed by atoms with van der Waals surface area (Å²) in [6, 6.07) is 0.598. The van der Waals surface area contributed by atoms with E-state index in [1.54, 1.807) is 24.8 Å². The molecule has 0 radical (unpaired) electrons. The zero-order valence-electron chi connectivity index (χ0n) is 17.9. The van der Waals surface area contributed by atoms with Crippen LogP contribution in [0.2, 0.25) is 0 Å². The maximum Gasteiger partial charge on any atom is 0.187 e. The summed E-state index contributed by atoms with van der Waals surface area (Å²) < 4.78 is 6.60. The van der Waals surface area contributed by atoms with Crippen LogP contribution in [-0.4, -0.2) is 96.9 Å². The number of hydrogen-bond acceptors (Lipinski definition) is 9. The van der Waals surface area contributed by atoms with Crippen LogP contribution in [0, 0.1) is 0 Å². The second-order valence-corrected chi connectivity index (χ2v) is 9.14. The van der Waals surface area contributed by atoms with Crippen molar-refractivity contribution in [3.63, 3.8) is 0 Å². The monoisotopic (exact) mass is 407 g/mol. The van der Waals surface area contributed by atoms with E-state index in [2.05, 4.69) is 50.8 Å². The van der Waals surface area contributed by atoms with Gasteiger partial charge in [0, 0.05) is 60.0 Å². The molecule has 0 aliphatic carbocycles. The maximum absolute atomic E-state index is 5.60. The van der Waals surface area contributed by atoms with E-state index in [1.807, 2.05) is 19.0 Å². The molecule has 1 aliphatic heterocycles. The zero-order valence-corrected chi connectivity index (χ0v) is 18.7. The molecule has 0 saturated carbocycles. The first-order valence-corrected chi connectivity index (χ1v) is 10.7. The molecule has 9 heteroatoms. The molecule has 2 aromatic heterocycles. The van der Waals surface area contributed by atoms with Gasteiger partial charge in [-0.05, 0) is 20.8 Å². The van der Waals surface area contributed by atoms with E-state index in [4.69, 9.17) is 4.74 Å². The van der Waals surface area contributed by atoms with Crippen molar-refractivity contribution in [3.8, 4) is 0 Å². The Balaban J connectivity index is 1.74. The molecule has 0 bridgehead atoms. The maximum atomic E-state index is 5.60. The van der Waals surface area contributed by atoms with E-state index < -0.39 is 0 Å². The molecular formula is C19H33N7OS. The first-order chi connectivity index (χ1) is 13.3. The molecule has 1 unspecified atom stereocenters. The summed E-state index contributed by atoms with van der Waals surface area (Å²) in [5, 5.41) is 4.50. The van der Waals surface area contributed by atoms with Gasteiger partial charge in [-0.1, -0.05) is 11.3 Å². The molecular weight excluding hydrogens is 374 g/mol. The minimum absolute atomic E-state index is 0.107. The molecule has 0 amide bonds. The third-order valence-electron chi connectivity index (χ3n) is 5.46. The summed E-state index contributed by atoms with van der Waals surface area (Å²) in [4.78, 5) is 20.5. The van der Waals surface area contributed by atoms with Gasteiger partial charge in [-0.2, -0.15) is 4.98 Å². The fourth-order valence-corrected chi connectivity index (χ4v) is 4.59. The van der Waals surface area contributed by atoms with Crippen molar-refractivity contribution in [1.29, 1.82) is 0 Å². The van der Waals surface area contributed by atoms with Crippen LogP contribution < -0.4 is 10.2 Å². The molecule has 1 saturated heterocycles. The largest absolute Gasteiger partial charge is 0.383 e. The van der Waals surface area contributed by atoms with Gasteiger partial charge in [0.15, 0.2) is 10.8 Å². The van der Waals surface area contributed by atoms with Gasteiger partial charge in [0.25, 0.3) is 0 Å². The molecule has 1 fully saturated rings. The number of aromatic nitrogens is 3. The van der Waals surface area contributed by atoms with Crippen LogP contribution in [-0.2, 0) is 4.74 Å². The molecule has 28 heavy (non-hydrogen) atoms. The van der Waals surface area contributed by atoms with E-state index in [0.29, 0.717) is 12.6 Å². The Morgan fingerprint density at radius 1 is 1.25 bits per heavy atom. The number of ether oxygens (including phenoxy) is 1. The van der Waals surface area contributed by atoms with E-state index in [9.17, 15) is 0 Å². The number of hydrogen-bond donors (Lipinski definition) is 1. The Morgan fingerprint density at radius 2 is 1.96 bits per heavy atom. The van der Waals surface area contributed by atoms with Crippen molar-refractivity contribution in [2.45, 2.75) is 32.4 Å². The number of fused-ring (bicyclic) bond motifs is 1. The third-order valence-corrected chi connectivity index (χ3v) is 6.68. The Hall–Kier alpha value is -1.55. The lowest BCUT2D eigenvalue weighted by Gasteiger charge is -2.46. The Morgan fingerprint density at radius 3 is 2.57 bits per heavy atom. The Bertz CT molecular complexity index is 773. The van der Waals surface area contributed by atoms with Crippen LogP contribution in [0.15, 0.2) is 6.33 Å². The third kappa shape index (κ3) is 4.53. The average Bonchev–Trinajstić information content (AvgIpc) is 3.12. The minimum atomic E-state index is -0.107. The molecule has 0 spiro atoms. The number of nitrogens with zero attached hydrogens (tertiary/aromatic N) is 6. The predicted molar refractivity (Wildman–Crippen MR) is 117 cm³/mol.